The Labute approximate surface area is 307 Å². The number of hydrogen-bond acceptors (Lipinski definition) is 5. The van der Waals surface area contributed by atoms with Crippen LogP contribution in [0.2, 0.25) is 0 Å². The van der Waals surface area contributed by atoms with E-state index in [0.717, 1.165) is 81.2 Å². The lowest BCUT2D eigenvalue weighted by atomic mass is 10.0. The van der Waals surface area contributed by atoms with Crippen LogP contribution in [0, 0.1) is 6.92 Å². The van der Waals surface area contributed by atoms with E-state index in [4.69, 9.17) is 9.98 Å². The Morgan fingerprint density at radius 1 is 0.654 bits per heavy atom. The van der Waals surface area contributed by atoms with Crippen molar-refractivity contribution < 1.29 is 13.2 Å². The summed E-state index contributed by atoms with van der Waals surface area (Å²) in [5.41, 5.74) is 9.11. The number of anilines is 2. The molecule has 4 aromatic carbocycles. The number of amidine groups is 1. The van der Waals surface area contributed by atoms with E-state index in [1.54, 1.807) is 22.7 Å². The lowest BCUT2D eigenvalue weighted by Crippen LogP contribution is -2.16. The molecule has 3 aromatic heterocycles. The number of aliphatic imine (C=N–C) groups is 1. The number of rotatable bonds is 7. The van der Waals surface area contributed by atoms with Crippen molar-refractivity contribution in [1.82, 2.24) is 4.98 Å². The molecule has 260 valence electrons. The Balaban J connectivity index is 1.28. The Morgan fingerprint density at radius 3 is 1.75 bits per heavy atom. The zero-order valence-electron chi connectivity index (χ0n) is 29.1. The van der Waals surface area contributed by atoms with Crippen LogP contribution in [0.5, 0.6) is 0 Å². The molecule has 0 radical (unpaired) electrons. The number of nitrogens with zero attached hydrogens (tertiary/aromatic N) is 4. The fourth-order valence-electron chi connectivity index (χ4n) is 6.36. The summed E-state index contributed by atoms with van der Waals surface area (Å²) >= 11 is 3.27. The molecule has 0 aliphatic carbocycles. The number of alkyl halides is 3. The van der Waals surface area contributed by atoms with Gasteiger partial charge in [0.1, 0.15) is 5.82 Å². The highest BCUT2D eigenvalue weighted by atomic mass is 32.1. The Kier molecular flexibility index (Phi) is 8.39. The molecule has 8 rings (SSSR count). The summed E-state index contributed by atoms with van der Waals surface area (Å²) in [4.78, 5) is 20.1. The van der Waals surface area contributed by atoms with Crippen LogP contribution in [0.3, 0.4) is 0 Å². The molecule has 0 fully saturated rings. The molecule has 0 saturated heterocycles. The molecule has 0 bridgehead atoms. The lowest BCUT2D eigenvalue weighted by molar-refractivity contribution is -0.137. The van der Waals surface area contributed by atoms with E-state index in [2.05, 4.69) is 95.7 Å². The number of H-pyrrole nitrogens is 1. The number of nitrogens with one attached hydrogen (secondary N) is 1. The van der Waals surface area contributed by atoms with E-state index < -0.39 is 11.7 Å². The number of fused-ring (bicyclic) bond motifs is 2. The van der Waals surface area contributed by atoms with Gasteiger partial charge in [-0.25, -0.2) is 9.98 Å². The highest BCUT2D eigenvalue weighted by Crippen LogP contribution is 2.45. The molecular formula is C42H34F3N5S2. The van der Waals surface area contributed by atoms with E-state index >= 15 is 0 Å². The molecule has 1 aliphatic rings. The van der Waals surface area contributed by atoms with Crippen molar-refractivity contribution in [3.63, 3.8) is 0 Å². The van der Waals surface area contributed by atoms with Crippen LogP contribution in [-0.4, -0.2) is 39.0 Å². The molecule has 7 aromatic rings. The summed E-state index contributed by atoms with van der Waals surface area (Å²) in [5, 5.41) is 0.749. The lowest BCUT2D eigenvalue weighted by Gasteiger charge is -2.12. The molecule has 0 atom stereocenters. The van der Waals surface area contributed by atoms with Gasteiger partial charge in [0.05, 0.1) is 25.7 Å². The van der Waals surface area contributed by atoms with E-state index in [-0.39, 0.29) is 0 Å². The average Bonchev–Trinajstić information content (AvgIpc) is 3.88. The van der Waals surface area contributed by atoms with Crippen LogP contribution in [0.1, 0.15) is 16.7 Å². The van der Waals surface area contributed by atoms with Gasteiger partial charge in [-0.15, -0.1) is 22.7 Å². The van der Waals surface area contributed by atoms with E-state index in [1.165, 1.54) is 12.1 Å². The van der Waals surface area contributed by atoms with Gasteiger partial charge in [0.25, 0.3) is 0 Å². The van der Waals surface area contributed by atoms with Gasteiger partial charge in [0.15, 0.2) is 5.84 Å². The highest BCUT2D eigenvalue weighted by Gasteiger charge is 2.31. The molecule has 0 unspecified atom stereocenters. The summed E-state index contributed by atoms with van der Waals surface area (Å²) in [6, 6.07) is 34.7. The van der Waals surface area contributed by atoms with E-state index in [0.29, 0.717) is 22.8 Å². The van der Waals surface area contributed by atoms with Crippen LogP contribution in [0.25, 0.3) is 47.8 Å². The van der Waals surface area contributed by atoms with Crippen molar-refractivity contribution in [1.29, 1.82) is 0 Å². The Hall–Kier alpha value is -5.45. The summed E-state index contributed by atoms with van der Waals surface area (Å²) in [6.07, 6.45) is -4.44. The first-order chi connectivity index (χ1) is 24.9. The molecule has 1 aliphatic heterocycles. The molecule has 0 saturated carbocycles. The third-order valence-electron chi connectivity index (χ3n) is 9.23. The van der Waals surface area contributed by atoms with Gasteiger partial charge in [-0.3, -0.25) is 0 Å². The fourth-order valence-corrected chi connectivity index (χ4v) is 8.71. The van der Waals surface area contributed by atoms with Crippen molar-refractivity contribution in [2.75, 3.05) is 38.0 Å². The average molecular weight is 730 g/mol. The van der Waals surface area contributed by atoms with Gasteiger partial charge in [-0.1, -0.05) is 66.2 Å². The highest BCUT2D eigenvalue weighted by molar-refractivity contribution is 7.22. The fraction of sp³-hybridized carbons (Fsp3) is 0.143. The number of aromatic nitrogens is 1. The SMILES string of the molecule is Cc1ccc(-c2c(N=C3N=c4cc(-c5ccc(N(C)C)cc5)sc4=C3c3ccc(C(F)(F)F)cc3)[nH]c3cc(-c4ccc(N(C)C)cc4)sc23)cc1. The molecular weight excluding hydrogens is 696 g/mol. The number of hydrogen-bond donors (Lipinski definition) is 1. The van der Waals surface area contributed by atoms with Gasteiger partial charge in [-0.05, 0) is 77.7 Å². The van der Waals surface area contributed by atoms with Crippen LogP contribution in [0.4, 0.5) is 30.4 Å². The largest absolute Gasteiger partial charge is 0.416 e. The molecule has 1 N–H and O–H groups in total. The van der Waals surface area contributed by atoms with Crippen molar-refractivity contribution >= 4 is 61.5 Å². The first kappa shape index (κ1) is 33.7. The zero-order chi connectivity index (χ0) is 36.3. The van der Waals surface area contributed by atoms with Crippen molar-refractivity contribution in [2.24, 2.45) is 9.98 Å². The third kappa shape index (κ3) is 6.22. The summed E-state index contributed by atoms with van der Waals surface area (Å²) < 4.78 is 42.8. The predicted molar refractivity (Wildman–Crippen MR) is 212 cm³/mol. The topological polar surface area (TPSA) is 47.0 Å². The number of halogens is 3. The second-order valence-electron chi connectivity index (χ2n) is 13.3. The normalized spacial score (nSPS) is 13.5. The van der Waals surface area contributed by atoms with Crippen molar-refractivity contribution in [3.05, 3.63) is 136 Å². The maximum Gasteiger partial charge on any atom is 0.416 e. The first-order valence-electron chi connectivity index (χ1n) is 16.7. The van der Waals surface area contributed by atoms with Crippen LogP contribution in [-0.2, 0) is 6.18 Å². The van der Waals surface area contributed by atoms with Gasteiger partial charge in [-0.2, -0.15) is 13.2 Å². The minimum Gasteiger partial charge on any atom is -0.378 e. The summed E-state index contributed by atoms with van der Waals surface area (Å²) in [6.45, 7) is 2.06. The van der Waals surface area contributed by atoms with E-state index in [1.807, 2.05) is 39.2 Å². The second-order valence-corrected chi connectivity index (χ2v) is 15.4. The molecule has 4 heterocycles. The third-order valence-corrected chi connectivity index (χ3v) is 11.6. The second kappa shape index (κ2) is 13.0. The Bertz CT molecular complexity index is 2590. The summed E-state index contributed by atoms with van der Waals surface area (Å²) in [7, 11) is 8.06. The standard InChI is InChI=1S/C42H34F3N5S2/c1-24-6-8-27(9-7-24)36-38-32(22-34(51-38)25-12-18-30(19-13-25)49(2)3)46-40(36)48-41-37(28-10-16-29(17-11-28)42(43,44)45)39-33(47-41)23-35(52-39)26-14-20-31(21-15-26)50(4)5/h6-23,46H,1-5H3. The maximum absolute atomic E-state index is 13.6. The number of aromatic amines is 1. The van der Waals surface area contributed by atoms with Crippen LogP contribution >= 0.6 is 22.7 Å². The first-order valence-corrected chi connectivity index (χ1v) is 18.3. The number of thiophene rings is 2. The van der Waals surface area contributed by atoms with Crippen LogP contribution in [0.15, 0.2) is 119 Å². The minimum atomic E-state index is -4.44. The number of aryl methyl sites for hydroxylation is 1. The smallest absolute Gasteiger partial charge is 0.378 e. The molecule has 0 spiro atoms. The Morgan fingerprint density at radius 2 is 1.19 bits per heavy atom. The molecule has 0 amide bonds. The van der Waals surface area contributed by atoms with Gasteiger partial charge < -0.3 is 14.8 Å². The van der Waals surface area contributed by atoms with Crippen molar-refractivity contribution in [2.45, 2.75) is 13.1 Å². The van der Waals surface area contributed by atoms with Crippen LogP contribution < -0.4 is 19.7 Å². The van der Waals surface area contributed by atoms with Gasteiger partial charge >= 0.3 is 6.18 Å². The maximum atomic E-state index is 13.6. The predicted octanol–water partition coefficient (Wildman–Crippen LogP) is 10.3. The van der Waals surface area contributed by atoms with Gasteiger partial charge in [0.2, 0.25) is 0 Å². The monoisotopic (exact) mass is 729 g/mol. The minimum absolute atomic E-state index is 0.456. The van der Waals surface area contributed by atoms with Gasteiger partial charge in [0, 0.05) is 60.5 Å². The molecule has 52 heavy (non-hydrogen) atoms. The number of benzene rings is 4. The van der Waals surface area contributed by atoms with Crippen molar-refractivity contribution in [3.8, 4) is 32.0 Å². The summed E-state index contributed by atoms with van der Waals surface area (Å²) in [5.74, 6) is 1.11. The molecule has 10 heteroatoms. The quantitative estimate of drug-likeness (QED) is 0.178. The zero-order valence-corrected chi connectivity index (χ0v) is 30.8. The van der Waals surface area contributed by atoms with E-state index in [9.17, 15) is 13.2 Å². The molecule has 5 nitrogen and oxygen atoms in total.